The van der Waals surface area contributed by atoms with Gasteiger partial charge in [0.1, 0.15) is 5.75 Å². The number of hydrogen-bond donors (Lipinski definition) is 2. The summed E-state index contributed by atoms with van der Waals surface area (Å²) in [5, 5.41) is 6.96. The van der Waals surface area contributed by atoms with Gasteiger partial charge in [-0.15, -0.1) is 0 Å². The van der Waals surface area contributed by atoms with Gasteiger partial charge in [0.25, 0.3) is 0 Å². The molecule has 146 valence electrons. The van der Waals surface area contributed by atoms with E-state index in [4.69, 9.17) is 4.74 Å². The van der Waals surface area contributed by atoms with Crippen LogP contribution in [0.1, 0.15) is 37.3 Å². The number of nitrogens with one attached hydrogen (secondary N) is 2. The zero-order valence-electron chi connectivity index (χ0n) is 16.5. The number of thioether (sulfide) groups is 1. The first-order valence-electron chi connectivity index (χ1n) is 9.60. The van der Waals surface area contributed by atoms with Gasteiger partial charge in [0.05, 0.1) is 13.2 Å². The molecule has 1 saturated heterocycles. The lowest BCUT2D eigenvalue weighted by Crippen LogP contribution is -2.43. The molecule has 1 unspecified atom stereocenters. The van der Waals surface area contributed by atoms with E-state index >= 15 is 0 Å². The quantitative estimate of drug-likeness (QED) is 0.372. The number of aliphatic imine (C=N–C) groups is 1. The standard InChI is InChI=1S/C20H34N4OS/c1-21-20(22-11-4-7-14-26-3)23-16-19(24-12-5-6-13-24)17-9-8-10-18(15-17)25-2/h8-10,15,19H,4-7,11-14,16H2,1-3H3,(H2,21,22,23). The highest BCUT2D eigenvalue weighted by atomic mass is 32.2. The van der Waals surface area contributed by atoms with Crippen LogP contribution in [-0.2, 0) is 0 Å². The number of benzene rings is 1. The molecule has 0 aromatic heterocycles. The van der Waals surface area contributed by atoms with E-state index in [-0.39, 0.29) is 0 Å². The number of guanidine groups is 1. The number of rotatable bonds is 10. The second-order valence-electron chi connectivity index (χ2n) is 6.62. The maximum atomic E-state index is 5.42. The number of nitrogens with zero attached hydrogens (tertiary/aromatic N) is 2. The summed E-state index contributed by atoms with van der Waals surface area (Å²) in [6.45, 7) is 4.12. The Bertz CT molecular complexity index is 546. The van der Waals surface area contributed by atoms with Gasteiger partial charge in [0, 0.05) is 20.1 Å². The molecule has 0 bridgehead atoms. The first-order valence-corrected chi connectivity index (χ1v) is 11.0. The van der Waals surface area contributed by atoms with Crippen LogP contribution in [0.2, 0.25) is 0 Å². The predicted octanol–water partition coefficient (Wildman–Crippen LogP) is 3.14. The molecule has 5 nitrogen and oxygen atoms in total. The van der Waals surface area contributed by atoms with Crippen molar-refractivity contribution in [3.63, 3.8) is 0 Å². The molecule has 2 rings (SSSR count). The number of unbranched alkanes of at least 4 members (excludes halogenated alkanes) is 1. The third kappa shape index (κ3) is 6.72. The largest absolute Gasteiger partial charge is 0.497 e. The van der Waals surface area contributed by atoms with Crippen molar-refractivity contribution in [2.45, 2.75) is 31.7 Å². The highest BCUT2D eigenvalue weighted by Gasteiger charge is 2.24. The average molecular weight is 379 g/mol. The van der Waals surface area contributed by atoms with Crippen molar-refractivity contribution < 1.29 is 4.74 Å². The fourth-order valence-electron chi connectivity index (χ4n) is 3.35. The number of ether oxygens (including phenoxy) is 1. The second-order valence-corrected chi connectivity index (χ2v) is 7.60. The summed E-state index contributed by atoms with van der Waals surface area (Å²) in [6.07, 6.45) is 7.13. The van der Waals surface area contributed by atoms with Crippen LogP contribution in [0, 0.1) is 0 Å². The molecule has 1 atom stereocenters. The van der Waals surface area contributed by atoms with E-state index in [2.05, 4.69) is 45.0 Å². The highest BCUT2D eigenvalue weighted by molar-refractivity contribution is 7.98. The SMILES string of the molecule is CN=C(NCCCCSC)NCC(c1cccc(OC)c1)N1CCCC1. The summed E-state index contributed by atoms with van der Waals surface area (Å²) in [7, 11) is 3.57. The molecule has 6 heteroatoms. The Morgan fingerprint density at radius 1 is 1.27 bits per heavy atom. The molecule has 1 aliphatic heterocycles. The van der Waals surface area contributed by atoms with Gasteiger partial charge >= 0.3 is 0 Å². The molecule has 1 fully saturated rings. The smallest absolute Gasteiger partial charge is 0.191 e. The van der Waals surface area contributed by atoms with Crippen LogP contribution in [0.4, 0.5) is 0 Å². The Kier molecular flexibility index (Phi) is 9.71. The van der Waals surface area contributed by atoms with Crippen LogP contribution in [-0.4, -0.2) is 63.2 Å². The minimum absolute atomic E-state index is 0.336. The van der Waals surface area contributed by atoms with Crippen LogP contribution in [0.3, 0.4) is 0 Å². The number of hydrogen-bond acceptors (Lipinski definition) is 4. The van der Waals surface area contributed by atoms with Gasteiger partial charge in [-0.3, -0.25) is 9.89 Å². The van der Waals surface area contributed by atoms with E-state index in [0.29, 0.717) is 6.04 Å². The summed E-state index contributed by atoms with van der Waals surface area (Å²) in [5.41, 5.74) is 1.30. The molecule has 1 heterocycles. The molecule has 0 aliphatic carbocycles. The van der Waals surface area contributed by atoms with Crippen molar-refractivity contribution in [1.29, 1.82) is 0 Å². The normalized spacial score (nSPS) is 16.5. The van der Waals surface area contributed by atoms with Crippen LogP contribution in [0.25, 0.3) is 0 Å². The van der Waals surface area contributed by atoms with Crippen molar-refractivity contribution >= 4 is 17.7 Å². The Hall–Kier alpha value is -1.40. The van der Waals surface area contributed by atoms with Crippen LogP contribution in [0.5, 0.6) is 5.75 Å². The van der Waals surface area contributed by atoms with E-state index in [9.17, 15) is 0 Å². The minimum atomic E-state index is 0.336. The molecular weight excluding hydrogens is 344 g/mol. The molecular formula is C20H34N4OS. The van der Waals surface area contributed by atoms with Gasteiger partial charge in [-0.25, -0.2) is 0 Å². The third-order valence-electron chi connectivity index (χ3n) is 4.81. The zero-order chi connectivity index (χ0) is 18.6. The van der Waals surface area contributed by atoms with Crippen molar-refractivity contribution in [3.8, 4) is 5.75 Å². The maximum absolute atomic E-state index is 5.42. The summed E-state index contributed by atoms with van der Waals surface area (Å²) in [4.78, 5) is 6.94. The van der Waals surface area contributed by atoms with Gasteiger partial charge in [-0.1, -0.05) is 12.1 Å². The zero-order valence-corrected chi connectivity index (χ0v) is 17.3. The lowest BCUT2D eigenvalue weighted by molar-refractivity contribution is 0.245. The molecule has 1 aliphatic rings. The fourth-order valence-corrected chi connectivity index (χ4v) is 3.84. The monoisotopic (exact) mass is 378 g/mol. The van der Waals surface area contributed by atoms with Gasteiger partial charge < -0.3 is 15.4 Å². The highest BCUT2D eigenvalue weighted by Crippen LogP contribution is 2.27. The Balaban J connectivity index is 1.93. The van der Waals surface area contributed by atoms with Gasteiger partial charge in [0.2, 0.25) is 0 Å². The number of methoxy groups -OCH3 is 1. The third-order valence-corrected chi connectivity index (χ3v) is 5.51. The molecule has 1 aromatic rings. The van der Waals surface area contributed by atoms with E-state index in [1.165, 1.54) is 37.0 Å². The molecule has 2 N–H and O–H groups in total. The van der Waals surface area contributed by atoms with Gasteiger partial charge in [0.15, 0.2) is 5.96 Å². The molecule has 1 aromatic carbocycles. The Morgan fingerprint density at radius 2 is 2.08 bits per heavy atom. The predicted molar refractivity (Wildman–Crippen MR) is 114 cm³/mol. The first-order chi connectivity index (χ1) is 12.8. The van der Waals surface area contributed by atoms with Crippen LogP contribution < -0.4 is 15.4 Å². The van der Waals surface area contributed by atoms with Crippen molar-refractivity contribution in [2.75, 3.05) is 52.3 Å². The molecule has 0 amide bonds. The lowest BCUT2D eigenvalue weighted by atomic mass is 10.1. The fraction of sp³-hybridized carbons (Fsp3) is 0.650. The maximum Gasteiger partial charge on any atom is 0.191 e. The second kappa shape index (κ2) is 12.1. The summed E-state index contributed by atoms with van der Waals surface area (Å²) < 4.78 is 5.42. The molecule has 26 heavy (non-hydrogen) atoms. The average Bonchev–Trinajstić information content (AvgIpc) is 3.21. The van der Waals surface area contributed by atoms with Gasteiger partial charge in [-0.05, 0) is 68.5 Å². The Morgan fingerprint density at radius 3 is 2.77 bits per heavy atom. The van der Waals surface area contributed by atoms with Crippen molar-refractivity contribution in [1.82, 2.24) is 15.5 Å². The number of likely N-dealkylation sites (tertiary alicyclic amines) is 1. The van der Waals surface area contributed by atoms with Crippen molar-refractivity contribution in [2.24, 2.45) is 4.99 Å². The van der Waals surface area contributed by atoms with Crippen LogP contribution >= 0.6 is 11.8 Å². The topological polar surface area (TPSA) is 48.9 Å². The molecule has 0 spiro atoms. The van der Waals surface area contributed by atoms with E-state index in [0.717, 1.165) is 37.9 Å². The lowest BCUT2D eigenvalue weighted by Gasteiger charge is -2.29. The summed E-state index contributed by atoms with van der Waals surface area (Å²) in [6, 6.07) is 8.78. The molecule has 0 saturated carbocycles. The van der Waals surface area contributed by atoms with Gasteiger partial charge in [-0.2, -0.15) is 11.8 Å². The van der Waals surface area contributed by atoms with E-state index < -0.39 is 0 Å². The van der Waals surface area contributed by atoms with E-state index in [1.807, 2.05) is 24.9 Å². The van der Waals surface area contributed by atoms with Crippen molar-refractivity contribution in [3.05, 3.63) is 29.8 Å². The minimum Gasteiger partial charge on any atom is -0.497 e. The first kappa shape index (κ1) is 20.9. The summed E-state index contributed by atoms with van der Waals surface area (Å²) >= 11 is 1.91. The van der Waals surface area contributed by atoms with Crippen LogP contribution in [0.15, 0.2) is 29.3 Å². The van der Waals surface area contributed by atoms with E-state index in [1.54, 1.807) is 7.11 Å². The molecule has 0 radical (unpaired) electrons. The Labute approximate surface area is 163 Å². The summed E-state index contributed by atoms with van der Waals surface area (Å²) in [5.74, 6) is 3.03.